The average molecular weight is 468 g/mol. The van der Waals surface area contributed by atoms with Gasteiger partial charge in [0, 0.05) is 5.02 Å². The second kappa shape index (κ2) is 11.2. The SMILES string of the molecule is COc1ccc(-c2cccc(CC(=O)O)c2)cc1OCC(O)COc1ccc(Cl)cc1C#N. The van der Waals surface area contributed by atoms with E-state index < -0.39 is 12.1 Å². The molecule has 0 aromatic heterocycles. The van der Waals surface area contributed by atoms with E-state index in [0.717, 1.165) is 11.1 Å². The molecule has 2 N–H and O–H groups in total. The summed E-state index contributed by atoms with van der Waals surface area (Å²) >= 11 is 5.88. The standard InChI is InChI=1S/C25H22ClNO6/c1-31-23-7-5-18(17-4-2-3-16(9-17)10-25(29)30)12-24(23)33-15-21(28)14-32-22-8-6-20(26)11-19(22)13-27/h2-9,11-12,21,28H,10,14-15H2,1H3,(H,29,30). The lowest BCUT2D eigenvalue weighted by molar-refractivity contribution is -0.136. The minimum absolute atomic E-state index is 0.0688. The Bertz CT molecular complexity index is 1170. The van der Waals surface area contributed by atoms with Gasteiger partial charge in [0.25, 0.3) is 0 Å². The summed E-state index contributed by atoms with van der Waals surface area (Å²) in [4.78, 5) is 11.0. The normalized spacial score (nSPS) is 11.3. The number of hydrogen-bond acceptors (Lipinski definition) is 6. The van der Waals surface area contributed by atoms with Gasteiger partial charge in [-0.15, -0.1) is 0 Å². The van der Waals surface area contributed by atoms with Crippen LogP contribution in [0.1, 0.15) is 11.1 Å². The van der Waals surface area contributed by atoms with E-state index >= 15 is 0 Å². The molecule has 0 aliphatic carbocycles. The number of carboxylic acid groups (broad SMARTS) is 1. The minimum Gasteiger partial charge on any atom is -0.493 e. The fraction of sp³-hybridized carbons (Fsp3) is 0.200. The molecule has 0 amide bonds. The van der Waals surface area contributed by atoms with Gasteiger partial charge in [0.2, 0.25) is 0 Å². The van der Waals surface area contributed by atoms with Crippen molar-refractivity contribution in [3.05, 3.63) is 76.8 Å². The summed E-state index contributed by atoms with van der Waals surface area (Å²) in [7, 11) is 1.51. The number of aliphatic carboxylic acids is 1. The molecule has 170 valence electrons. The van der Waals surface area contributed by atoms with Gasteiger partial charge in [0.1, 0.15) is 31.1 Å². The number of hydrogen-bond donors (Lipinski definition) is 2. The molecule has 0 bridgehead atoms. The molecule has 3 aromatic rings. The molecule has 0 fully saturated rings. The predicted octanol–water partition coefficient (Wildman–Crippen LogP) is 4.33. The number of rotatable bonds is 10. The second-order valence-corrected chi connectivity index (χ2v) is 7.60. The maximum Gasteiger partial charge on any atom is 0.307 e. The summed E-state index contributed by atoms with van der Waals surface area (Å²) in [5.41, 5.74) is 2.60. The van der Waals surface area contributed by atoms with E-state index in [0.29, 0.717) is 27.8 Å². The summed E-state index contributed by atoms with van der Waals surface area (Å²) < 4.78 is 16.7. The van der Waals surface area contributed by atoms with E-state index in [4.69, 9.17) is 30.9 Å². The molecular weight excluding hydrogens is 446 g/mol. The fourth-order valence-electron chi connectivity index (χ4n) is 3.14. The lowest BCUT2D eigenvalue weighted by Gasteiger charge is -2.16. The van der Waals surface area contributed by atoms with Crippen LogP contribution < -0.4 is 14.2 Å². The van der Waals surface area contributed by atoms with Crippen LogP contribution in [0.15, 0.2) is 60.7 Å². The highest BCUT2D eigenvalue weighted by molar-refractivity contribution is 6.30. The molecule has 0 radical (unpaired) electrons. The molecule has 1 atom stereocenters. The van der Waals surface area contributed by atoms with E-state index in [2.05, 4.69) is 0 Å². The molecule has 3 rings (SSSR count). The number of ether oxygens (including phenoxy) is 3. The minimum atomic E-state index is -0.973. The third-order valence-electron chi connectivity index (χ3n) is 4.70. The van der Waals surface area contributed by atoms with Gasteiger partial charge in [-0.25, -0.2) is 0 Å². The summed E-state index contributed by atoms with van der Waals surface area (Å²) in [6.45, 7) is -0.163. The van der Waals surface area contributed by atoms with Crippen molar-refractivity contribution < 1.29 is 29.2 Å². The predicted molar refractivity (Wildman–Crippen MR) is 123 cm³/mol. The number of nitrogens with zero attached hydrogens (tertiary/aromatic N) is 1. The van der Waals surface area contributed by atoms with Crippen molar-refractivity contribution >= 4 is 17.6 Å². The van der Waals surface area contributed by atoms with Crippen LogP contribution >= 0.6 is 11.6 Å². The van der Waals surface area contributed by atoms with E-state index in [9.17, 15) is 15.2 Å². The summed E-state index contributed by atoms with van der Waals surface area (Å²) in [6.07, 6.45) is -1.04. The number of aliphatic hydroxyl groups excluding tert-OH is 1. The Hall–Kier alpha value is -3.73. The lowest BCUT2D eigenvalue weighted by atomic mass is 10.0. The Labute approximate surface area is 196 Å². The Morgan fingerprint density at radius 2 is 1.70 bits per heavy atom. The molecule has 7 nitrogen and oxygen atoms in total. The zero-order chi connectivity index (χ0) is 23.8. The van der Waals surface area contributed by atoms with Crippen LogP contribution in [0.4, 0.5) is 0 Å². The fourth-order valence-corrected chi connectivity index (χ4v) is 3.31. The molecule has 0 saturated carbocycles. The van der Waals surface area contributed by atoms with E-state index in [1.54, 1.807) is 42.5 Å². The maximum atomic E-state index is 11.0. The zero-order valence-electron chi connectivity index (χ0n) is 17.8. The Morgan fingerprint density at radius 1 is 1.00 bits per heavy atom. The van der Waals surface area contributed by atoms with Crippen LogP contribution in [-0.2, 0) is 11.2 Å². The first-order chi connectivity index (χ1) is 15.9. The topological polar surface area (TPSA) is 109 Å². The number of carboxylic acids is 1. The quantitative estimate of drug-likeness (QED) is 0.456. The molecule has 0 spiro atoms. The van der Waals surface area contributed by atoms with Gasteiger partial charge in [-0.1, -0.05) is 41.9 Å². The molecule has 0 saturated heterocycles. The van der Waals surface area contributed by atoms with Crippen LogP contribution in [0, 0.1) is 11.3 Å². The Kier molecular flexibility index (Phi) is 8.14. The summed E-state index contributed by atoms with van der Waals surface area (Å²) in [5, 5.41) is 28.9. The van der Waals surface area contributed by atoms with Gasteiger partial charge in [-0.05, 0) is 47.0 Å². The van der Waals surface area contributed by atoms with Crippen molar-refractivity contribution in [3.8, 4) is 34.4 Å². The van der Waals surface area contributed by atoms with Crippen LogP contribution in [0.3, 0.4) is 0 Å². The Morgan fingerprint density at radius 3 is 2.39 bits per heavy atom. The zero-order valence-corrected chi connectivity index (χ0v) is 18.6. The number of carbonyl (C=O) groups is 1. The van der Waals surface area contributed by atoms with Crippen LogP contribution in [-0.4, -0.2) is 42.6 Å². The van der Waals surface area contributed by atoms with E-state index in [-0.39, 0.29) is 25.2 Å². The van der Waals surface area contributed by atoms with Crippen LogP contribution in [0.25, 0.3) is 11.1 Å². The molecule has 0 heterocycles. The van der Waals surface area contributed by atoms with Gasteiger partial charge < -0.3 is 24.4 Å². The van der Waals surface area contributed by atoms with Gasteiger partial charge in [0.05, 0.1) is 19.1 Å². The van der Waals surface area contributed by atoms with Crippen LogP contribution in [0.2, 0.25) is 5.02 Å². The molecule has 0 aliphatic rings. The largest absolute Gasteiger partial charge is 0.493 e. The van der Waals surface area contributed by atoms with E-state index in [1.165, 1.54) is 13.2 Å². The highest BCUT2D eigenvalue weighted by Gasteiger charge is 2.13. The highest BCUT2D eigenvalue weighted by Crippen LogP contribution is 2.33. The average Bonchev–Trinajstić information content (AvgIpc) is 2.81. The van der Waals surface area contributed by atoms with Crippen LogP contribution in [0.5, 0.6) is 17.2 Å². The van der Waals surface area contributed by atoms with E-state index in [1.807, 2.05) is 18.2 Å². The molecular formula is C25H22ClNO6. The van der Waals surface area contributed by atoms with Gasteiger partial charge in [0.15, 0.2) is 11.5 Å². The monoisotopic (exact) mass is 467 g/mol. The molecule has 33 heavy (non-hydrogen) atoms. The van der Waals surface area contributed by atoms with Gasteiger partial charge in [-0.3, -0.25) is 4.79 Å². The van der Waals surface area contributed by atoms with Gasteiger partial charge >= 0.3 is 5.97 Å². The molecule has 3 aromatic carbocycles. The summed E-state index contributed by atoms with van der Waals surface area (Å²) in [6, 6.07) is 19.2. The number of methoxy groups -OCH3 is 1. The highest BCUT2D eigenvalue weighted by atomic mass is 35.5. The van der Waals surface area contributed by atoms with Crippen molar-refractivity contribution in [2.45, 2.75) is 12.5 Å². The molecule has 0 aliphatic heterocycles. The lowest BCUT2D eigenvalue weighted by Crippen LogP contribution is -2.25. The van der Waals surface area contributed by atoms with Crippen molar-refractivity contribution in [2.75, 3.05) is 20.3 Å². The first-order valence-corrected chi connectivity index (χ1v) is 10.4. The third kappa shape index (κ3) is 6.62. The van der Waals surface area contributed by atoms with Crippen molar-refractivity contribution in [1.29, 1.82) is 5.26 Å². The van der Waals surface area contributed by atoms with Gasteiger partial charge in [-0.2, -0.15) is 5.26 Å². The van der Waals surface area contributed by atoms with Crippen molar-refractivity contribution in [2.24, 2.45) is 0 Å². The maximum absolute atomic E-state index is 11.0. The third-order valence-corrected chi connectivity index (χ3v) is 4.94. The number of aliphatic hydroxyl groups is 1. The number of nitriles is 1. The van der Waals surface area contributed by atoms with Crippen molar-refractivity contribution in [3.63, 3.8) is 0 Å². The first-order valence-electron chi connectivity index (χ1n) is 10.0. The Balaban J connectivity index is 1.68. The number of benzene rings is 3. The summed E-state index contributed by atoms with van der Waals surface area (Å²) in [5.74, 6) is 0.323. The molecule has 1 unspecified atom stereocenters. The second-order valence-electron chi connectivity index (χ2n) is 7.16. The smallest absolute Gasteiger partial charge is 0.307 e. The number of halogens is 1. The molecule has 8 heteroatoms. The first kappa shape index (κ1) is 23.9. The van der Waals surface area contributed by atoms with Crippen molar-refractivity contribution in [1.82, 2.24) is 0 Å².